The predicted molar refractivity (Wildman–Crippen MR) is 94.3 cm³/mol. The molecule has 0 spiro atoms. The molecule has 0 unspecified atom stereocenters. The molecule has 0 fully saturated rings. The molecule has 0 bridgehead atoms. The SMILES string of the molecule is CS(=O)(=O)CCNCc1csc(-c2ccc3cccnc3c2)n1. The van der Waals surface area contributed by atoms with Crippen LogP contribution in [0.25, 0.3) is 21.5 Å². The van der Waals surface area contributed by atoms with Crippen LogP contribution in [0.4, 0.5) is 0 Å². The fourth-order valence-electron chi connectivity index (χ4n) is 2.19. The van der Waals surface area contributed by atoms with Gasteiger partial charge in [-0.25, -0.2) is 13.4 Å². The number of rotatable bonds is 6. The normalized spacial score (nSPS) is 11.9. The van der Waals surface area contributed by atoms with Crippen LogP contribution in [0.15, 0.2) is 41.9 Å². The molecule has 0 aliphatic heterocycles. The van der Waals surface area contributed by atoms with E-state index in [1.807, 2.05) is 35.7 Å². The zero-order valence-corrected chi connectivity index (χ0v) is 14.3. The summed E-state index contributed by atoms with van der Waals surface area (Å²) >= 11 is 1.58. The highest BCUT2D eigenvalue weighted by Crippen LogP contribution is 2.26. The third-order valence-corrected chi connectivity index (χ3v) is 5.25. The highest BCUT2D eigenvalue weighted by Gasteiger charge is 2.07. The molecule has 3 aromatic rings. The maximum Gasteiger partial charge on any atom is 0.148 e. The molecule has 2 heterocycles. The van der Waals surface area contributed by atoms with Crippen LogP contribution in [0.1, 0.15) is 5.69 Å². The van der Waals surface area contributed by atoms with Crippen molar-refractivity contribution in [3.63, 3.8) is 0 Å². The molecule has 1 N–H and O–H groups in total. The Balaban J connectivity index is 1.68. The number of pyridine rings is 1. The third kappa shape index (κ3) is 4.34. The molecule has 0 aliphatic rings. The summed E-state index contributed by atoms with van der Waals surface area (Å²) in [7, 11) is -2.92. The molecule has 0 amide bonds. The standard InChI is InChI=1S/C16H17N3O2S2/c1-23(20,21)8-7-17-10-14-11-22-16(19-14)13-5-4-12-3-2-6-18-15(12)9-13/h2-6,9,11,17H,7-8,10H2,1H3. The van der Waals surface area contributed by atoms with Crippen LogP contribution >= 0.6 is 11.3 Å². The number of thiazole rings is 1. The monoisotopic (exact) mass is 347 g/mol. The quantitative estimate of drug-likeness (QED) is 0.694. The molecule has 3 rings (SSSR count). The largest absolute Gasteiger partial charge is 0.310 e. The van der Waals surface area contributed by atoms with E-state index in [0.717, 1.165) is 27.2 Å². The summed E-state index contributed by atoms with van der Waals surface area (Å²) in [4.78, 5) is 8.97. The summed E-state index contributed by atoms with van der Waals surface area (Å²) in [5.41, 5.74) is 2.91. The van der Waals surface area contributed by atoms with E-state index in [0.29, 0.717) is 13.1 Å². The lowest BCUT2D eigenvalue weighted by Crippen LogP contribution is -2.22. The van der Waals surface area contributed by atoms with Crippen LogP contribution in [0.3, 0.4) is 0 Å². The van der Waals surface area contributed by atoms with E-state index in [2.05, 4.69) is 15.3 Å². The Morgan fingerprint density at radius 3 is 2.96 bits per heavy atom. The second-order valence-corrected chi connectivity index (χ2v) is 8.48. The highest BCUT2D eigenvalue weighted by molar-refractivity contribution is 7.90. The minimum atomic E-state index is -2.92. The Bertz CT molecular complexity index is 920. The lowest BCUT2D eigenvalue weighted by molar-refractivity contribution is 0.596. The van der Waals surface area contributed by atoms with Crippen molar-refractivity contribution >= 4 is 32.1 Å². The summed E-state index contributed by atoms with van der Waals surface area (Å²) in [6.07, 6.45) is 3.02. The van der Waals surface area contributed by atoms with E-state index < -0.39 is 9.84 Å². The van der Waals surface area contributed by atoms with Gasteiger partial charge < -0.3 is 5.32 Å². The lowest BCUT2D eigenvalue weighted by atomic mass is 10.1. The van der Waals surface area contributed by atoms with Crippen LogP contribution in [-0.4, -0.2) is 36.9 Å². The Kier molecular flexibility index (Phi) is 4.70. The van der Waals surface area contributed by atoms with Crippen LogP contribution in [0, 0.1) is 0 Å². The van der Waals surface area contributed by atoms with Gasteiger partial charge in [0.2, 0.25) is 0 Å². The predicted octanol–water partition coefficient (Wildman–Crippen LogP) is 2.49. The highest BCUT2D eigenvalue weighted by atomic mass is 32.2. The number of fused-ring (bicyclic) bond motifs is 1. The average molecular weight is 347 g/mol. The first-order valence-electron chi connectivity index (χ1n) is 7.19. The van der Waals surface area contributed by atoms with Crippen molar-refractivity contribution in [2.75, 3.05) is 18.6 Å². The van der Waals surface area contributed by atoms with Crippen molar-refractivity contribution in [2.24, 2.45) is 0 Å². The Hall–Kier alpha value is -1.83. The van der Waals surface area contributed by atoms with Gasteiger partial charge in [-0.3, -0.25) is 4.98 Å². The number of nitrogens with one attached hydrogen (secondary N) is 1. The van der Waals surface area contributed by atoms with Crippen LogP contribution in [0.5, 0.6) is 0 Å². The van der Waals surface area contributed by atoms with Gasteiger partial charge in [-0.05, 0) is 12.1 Å². The number of benzene rings is 1. The molecule has 0 saturated heterocycles. The lowest BCUT2D eigenvalue weighted by Gasteiger charge is -2.01. The van der Waals surface area contributed by atoms with Gasteiger partial charge >= 0.3 is 0 Å². The molecule has 1 aromatic carbocycles. The summed E-state index contributed by atoms with van der Waals surface area (Å²) in [6, 6.07) is 10.1. The molecular weight excluding hydrogens is 330 g/mol. The number of sulfone groups is 1. The number of hydrogen-bond donors (Lipinski definition) is 1. The van der Waals surface area contributed by atoms with Gasteiger partial charge in [0, 0.05) is 41.9 Å². The van der Waals surface area contributed by atoms with Gasteiger partial charge in [-0.2, -0.15) is 0 Å². The molecule has 120 valence electrons. The summed E-state index contributed by atoms with van der Waals surface area (Å²) in [5.74, 6) is 0.139. The number of aromatic nitrogens is 2. The first kappa shape index (κ1) is 16.0. The van der Waals surface area contributed by atoms with Crippen molar-refractivity contribution < 1.29 is 8.42 Å². The van der Waals surface area contributed by atoms with E-state index in [-0.39, 0.29) is 5.75 Å². The molecule has 7 heteroatoms. The summed E-state index contributed by atoms with van der Waals surface area (Å²) in [5, 5.41) is 7.15. The second kappa shape index (κ2) is 6.74. The minimum Gasteiger partial charge on any atom is -0.310 e. The zero-order chi connectivity index (χ0) is 16.3. The van der Waals surface area contributed by atoms with Crippen molar-refractivity contribution in [2.45, 2.75) is 6.54 Å². The van der Waals surface area contributed by atoms with E-state index in [1.165, 1.54) is 6.26 Å². The Morgan fingerprint density at radius 2 is 2.13 bits per heavy atom. The second-order valence-electron chi connectivity index (χ2n) is 5.36. The minimum absolute atomic E-state index is 0.139. The maximum absolute atomic E-state index is 11.1. The first-order valence-corrected chi connectivity index (χ1v) is 10.1. The van der Waals surface area contributed by atoms with Gasteiger partial charge in [-0.15, -0.1) is 11.3 Å². The molecule has 2 aromatic heterocycles. The number of hydrogen-bond acceptors (Lipinski definition) is 6. The van der Waals surface area contributed by atoms with E-state index in [1.54, 1.807) is 17.5 Å². The van der Waals surface area contributed by atoms with Crippen LogP contribution in [-0.2, 0) is 16.4 Å². The van der Waals surface area contributed by atoms with E-state index in [4.69, 9.17) is 0 Å². The molecular formula is C16H17N3O2S2. The van der Waals surface area contributed by atoms with E-state index in [9.17, 15) is 8.42 Å². The van der Waals surface area contributed by atoms with Crippen molar-refractivity contribution in [1.82, 2.24) is 15.3 Å². The molecule has 0 atom stereocenters. The maximum atomic E-state index is 11.1. The molecule has 0 saturated carbocycles. The van der Waals surface area contributed by atoms with Gasteiger partial charge in [0.25, 0.3) is 0 Å². The van der Waals surface area contributed by atoms with Crippen molar-refractivity contribution in [3.8, 4) is 10.6 Å². The van der Waals surface area contributed by atoms with Crippen LogP contribution in [0.2, 0.25) is 0 Å². The molecule has 5 nitrogen and oxygen atoms in total. The third-order valence-electron chi connectivity index (χ3n) is 3.36. The first-order chi connectivity index (χ1) is 11.0. The average Bonchev–Trinajstić information content (AvgIpc) is 2.99. The van der Waals surface area contributed by atoms with Crippen molar-refractivity contribution in [3.05, 3.63) is 47.6 Å². The Labute approximate surface area is 139 Å². The van der Waals surface area contributed by atoms with Gasteiger partial charge in [0.05, 0.1) is 17.0 Å². The van der Waals surface area contributed by atoms with Gasteiger partial charge in [-0.1, -0.05) is 18.2 Å². The topological polar surface area (TPSA) is 72.0 Å². The van der Waals surface area contributed by atoms with Crippen molar-refractivity contribution in [1.29, 1.82) is 0 Å². The molecule has 23 heavy (non-hydrogen) atoms. The fourth-order valence-corrected chi connectivity index (χ4v) is 3.53. The molecule has 0 radical (unpaired) electrons. The summed E-state index contributed by atoms with van der Waals surface area (Å²) < 4.78 is 22.2. The summed E-state index contributed by atoms with van der Waals surface area (Å²) in [6.45, 7) is 1.00. The zero-order valence-electron chi connectivity index (χ0n) is 12.7. The Morgan fingerprint density at radius 1 is 1.26 bits per heavy atom. The van der Waals surface area contributed by atoms with E-state index >= 15 is 0 Å². The van der Waals surface area contributed by atoms with Gasteiger partial charge in [0.1, 0.15) is 14.8 Å². The van der Waals surface area contributed by atoms with Crippen LogP contribution < -0.4 is 5.32 Å². The fraction of sp³-hybridized carbons (Fsp3) is 0.250. The van der Waals surface area contributed by atoms with Gasteiger partial charge in [0.15, 0.2) is 0 Å². The molecule has 0 aliphatic carbocycles. The smallest absolute Gasteiger partial charge is 0.148 e. The number of nitrogens with zero attached hydrogens (tertiary/aromatic N) is 2.